The minimum Gasteiger partial charge on any atom is -0.328 e. The molecule has 0 heterocycles. The molecule has 0 aromatic carbocycles. The fourth-order valence-electron chi connectivity index (χ4n) is 1.38. The molecule has 0 aliphatic rings. The normalized spacial score (nSPS) is 12.4. The number of hydrogen-bond donors (Lipinski definition) is 0. The standard InChI is InChI=1S/C11H25O2P/c1-5-9-14(12,10-6-2)13-8-7-11(3)4/h11H,5-10H2,1-4H3. The van der Waals surface area contributed by atoms with E-state index in [4.69, 9.17) is 4.52 Å². The quantitative estimate of drug-likeness (QED) is 0.574. The van der Waals surface area contributed by atoms with Crippen LogP contribution in [0.1, 0.15) is 47.0 Å². The molecule has 2 nitrogen and oxygen atoms in total. The first kappa shape index (κ1) is 14.2. The highest BCUT2D eigenvalue weighted by molar-refractivity contribution is 7.58. The van der Waals surface area contributed by atoms with E-state index in [2.05, 4.69) is 27.7 Å². The maximum absolute atomic E-state index is 12.2. The van der Waals surface area contributed by atoms with Crippen LogP contribution in [0.3, 0.4) is 0 Å². The Morgan fingerprint density at radius 2 is 1.64 bits per heavy atom. The van der Waals surface area contributed by atoms with E-state index in [1.807, 2.05) is 0 Å². The maximum Gasteiger partial charge on any atom is 0.203 e. The zero-order chi connectivity index (χ0) is 11.0. The fraction of sp³-hybridized carbons (Fsp3) is 1.00. The lowest BCUT2D eigenvalue weighted by atomic mass is 10.2. The van der Waals surface area contributed by atoms with Crippen LogP contribution in [0.4, 0.5) is 0 Å². The smallest absolute Gasteiger partial charge is 0.203 e. The van der Waals surface area contributed by atoms with Gasteiger partial charge in [0.2, 0.25) is 7.37 Å². The molecule has 0 radical (unpaired) electrons. The largest absolute Gasteiger partial charge is 0.328 e. The molecule has 0 unspecified atom stereocenters. The molecule has 0 aromatic heterocycles. The van der Waals surface area contributed by atoms with Crippen molar-refractivity contribution in [1.82, 2.24) is 0 Å². The van der Waals surface area contributed by atoms with Gasteiger partial charge in [0.05, 0.1) is 6.61 Å². The molecule has 0 atom stereocenters. The Kier molecular flexibility index (Phi) is 7.58. The Morgan fingerprint density at radius 3 is 2.00 bits per heavy atom. The van der Waals surface area contributed by atoms with Gasteiger partial charge in [-0.1, -0.05) is 27.7 Å². The van der Waals surface area contributed by atoms with Crippen molar-refractivity contribution >= 4 is 7.37 Å². The summed E-state index contributed by atoms with van der Waals surface area (Å²) in [4.78, 5) is 0. The molecule has 0 fully saturated rings. The summed E-state index contributed by atoms with van der Waals surface area (Å²) in [6.45, 7) is 9.11. The predicted octanol–water partition coefficient (Wildman–Crippen LogP) is 4.15. The van der Waals surface area contributed by atoms with Gasteiger partial charge in [0.1, 0.15) is 0 Å². The second-order valence-electron chi connectivity index (χ2n) is 4.28. The first-order valence-corrected chi connectivity index (χ1v) is 7.76. The summed E-state index contributed by atoms with van der Waals surface area (Å²) in [6.07, 6.45) is 4.42. The lowest BCUT2D eigenvalue weighted by Crippen LogP contribution is -2.03. The van der Waals surface area contributed by atoms with Crippen LogP contribution in [0.2, 0.25) is 0 Å². The first-order valence-electron chi connectivity index (χ1n) is 5.76. The van der Waals surface area contributed by atoms with E-state index < -0.39 is 7.37 Å². The number of hydrogen-bond acceptors (Lipinski definition) is 2. The average molecular weight is 220 g/mol. The molecule has 14 heavy (non-hydrogen) atoms. The lowest BCUT2D eigenvalue weighted by Gasteiger charge is -2.17. The zero-order valence-electron chi connectivity index (χ0n) is 10.1. The summed E-state index contributed by atoms with van der Waals surface area (Å²) in [6, 6.07) is 0. The maximum atomic E-state index is 12.2. The third-order valence-electron chi connectivity index (χ3n) is 2.15. The average Bonchev–Trinajstić information content (AvgIpc) is 2.03. The van der Waals surface area contributed by atoms with E-state index >= 15 is 0 Å². The lowest BCUT2D eigenvalue weighted by molar-refractivity contribution is 0.287. The van der Waals surface area contributed by atoms with Gasteiger partial charge in [-0.2, -0.15) is 0 Å². The third-order valence-corrected chi connectivity index (χ3v) is 5.06. The Balaban J connectivity index is 3.90. The van der Waals surface area contributed by atoms with Crippen molar-refractivity contribution in [1.29, 1.82) is 0 Å². The SMILES string of the molecule is CCCP(=O)(CCC)OCCC(C)C. The molecular formula is C11H25O2P. The van der Waals surface area contributed by atoms with Crippen molar-refractivity contribution in [3.05, 3.63) is 0 Å². The van der Waals surface area contributed by atoms with Crippen LogP contribution >= 0.6 is 7.37 Å². The van der Waals surface area contributed by atoms with Gasteiger partial charge in [-0.05, 0) is 25.2 Å². The predicted molar refractivity (Wildman–Crippen MR) is 63.3 cm³/mol. The van der Waals surface area contributed by atoms with E-state index in [-0.39, 0.29) is 0 Å². The van der Waals surface area contributed by atoms with Crippen LogP contribution in [0, 0.1) is 5.92 Å². The minimum absolute atomic E-state index is 0.631. The molecule has 0 saturated carbocycles. The molecule has 0 bridgehead atoms. The summed E-state index contributed by atoms with van der Waals surface area (Å²) in [7, 11) is -2.28. The molecule has 86 valence electrons. The van der Waals surface area contributed by atoms with Crippen LogP contribution in [-0.2, 0) is 9.09 Å². The summed E-state index contributed by atoms with van der Waals surface area (Å²) < 4.78 is 17.7. The van der Waals surface area contributed by atoms with Gasteiger partial charge in [0, 0.05) is 12.3 Å². The van der Waals surface area contributed by atoms with E-state index in [9.17, 15) is 4.57 Å². The van der Waals surface area contributed by atoms with E-state index in [0.29, 0.717) is 12.5 Å². The van der Waals surface area contributed by atoms with Crippen LogP contribution in [0.15, 0.2) is 0 Å². The van der Waals surface area contributed by atoms with Gasteiger partial charge in [-0.3, -0.25) is 4.57 Å². The molecule has 0 aliphatic heterocycles. The third kappa shape index (κ3) is 6.62. The van der Waals surface area contributed by atoms with Gasteiger partial charge in [0.25, 0.3) is 0 Å². The van der Waals surface area contributed by atoms with E-state index in [1.54, 1.807) is 0 Å². The molecule has 0 aromatic rings. The Morgan fingerprint density at radius 1 is 1.14 bits per heavy atom. The topological polar surface area (TPSA) is 26.3 Å². The molecule has 0 spiro atoms. The van der Waals surface area contributed by atoms with Crippen molar-refractivity contribution in [2.75, 3.05) is 18.9 Å². The van der Waals surface area contributed by atoms with Crippen molar-refractivity contribution in [3.63, 3.8) is 0 Å². The molecule has 0 rings (SSSR count). The van der Waals surface area contributed by atoms with Crippen LogP contribution in [0.5, 0.6) is 0 Å². The van der Waals surface area contributed by atoms with Crippen molar-refractivity contribution in [2.45, 2.75) is 47.0 Å². The van der Waals surface area contributed by atoms with Crippen LogP contribution in [0.25, 0.3) is 0 Å². The number of rotatable bonds is 8. The second-order valence-corrected chi connectivity index (χ2v) is 7.06. The molecule has 0 amide bonds. The molecule has 0 N–H and O–H groups in total. The van der Waals surface area contributed by atoms with E-state index in [0.717, 1.165) is 31.6 Å². The van der Waals surface area contributed by atoms with Gasteiger partial charge in [-0.15, -0.1) is 0 Å². The fourth-order valence-corrected chi connectivity index (χ4v) is 3.66. The van der Waals surface area contributed by atoms with Gasteiger partial charge >= 0.3 is 0 Å². The second kappa shape index (κ2) is 7.48. The van der Waals surface area contributed by atoms with Crippen molar-refractivity contribution in [2.24, 2.45) is 5.92 Å². The highest BCUT2D eigenvalue weighted by atomic mass is 31.2. The van der Waals surface area contributed by atoms with Gasteiger partial charge in [-0.25, -0.2) is 0 Å². The highest BCUT2D eigenvalue weighted by Crippen LogP contribution is 2.48. The van der Waals surface area contributed by atoms with Gasteiger partial charge < -0.3 is 4.52 Å². The minimum atomic E-state index is -2.28. The van der Waals surface area contributed by atoms with Crippen LogP contribution < -0.4 is 0 Å². The molecule has 0 aliphatic carbocycles. The summed E-state index contributed by atoms with van der Waals surface area (Å²) in [5.74, 6) is 0.631. The first-order chi connectivity index (χ1) is 6.54. The molecule has 3 heteroatoms. The van der Waals surface area contributed by atoms with Crippen molar-refractivity contribution in [3.8, 4) is 0 Å². The van der Waals surface area contributed by atoms with E-state index in [1.165, 1.54) is 0 Å². The summed E-state index contributed by atoms with van der Waals surface area (Å²) in [5.41, 5.74) is 0. The zero-order valence-corrected chi connectivity index (χ0v) is 11.0. The molecule has 0 saturated heterocycles. The Labute approximate surface area is 88.9 Å². The van der Waals surface area contributed by atoms with Gasteiger partial charge in [0.15, 0.2) is 0 Å². The van der Waals surface area contributed by atoms with Crippen molar-refractivity contribution < 1.29 is 9.09 Å². The monoisotopic (exact) mass is 220 g/mol. The summed E-state index contributed by atoms with van der Waals surface area (Å²) in [5, 5.41) is 0. The molecular weight excluding hydrogens is 195 g/mol. The summed E-state index contributed by atoms with van der Waals surface area (Å²) >= 11 is 0. The Bertz CT molecular complexity index is 168. The Hall–Kier alpha value is 0.190. The van der Waals surface area contributed by atoms with Crippen LogP contribution in [-0.4, -0.2) is 18.9 Å². The highest BCUT2D eigenvalue weighted by Gasteiger charge is 2.20.